The monoisotopic (exact) mass is 344 g/mol. The summed E-state index contributed by atoms with van der Waals surface area (Å²) in [7, 11) is 0. The molecule has 1 fully saturated rings. The zero-order chi connectivity index (χ0) is 14.4. The van der Waals surface area contributed by atoms with Crippen LogP contribution in [0.25, 0.3) is 0 Å². The zero-order valence-corrected chi connectivity index (χ0v) is 13.1. The van der Waals surface area contributed by atoms with Gasteiger partial charge in [0.15, 0.2) is 4.67 Å². The van der Waals surface area contributed by atoms with Crippen LogP contribution in [0.4, 0.5) is 0 Å². The van der Waals surface area contributed by atoms with Crippen LogP contribution in [0.3, 0.4) is 0 Å². The Hall–Kier alpha value is -0.850. The van der Waals surface area contributed by atoms with Crippen molar-refractivity contribution in [1.29, 1.82) is 0 Å². The molecule has 5 nitrogen and oxygen atoms in total. The largest absolute Gasteiger partial charge is 0.457 e. The fourth-order valence-corrected chi connectivity index (χ4v) is 2.91. The minimum atomic E-state index is -0.103. The number of nitrogens with zero attached hydrogens (tertiary/aromatic N) is 1. The van der Waals surface area contributed by atoms with Crippen LogP contribution in [0.15, 0.2) is 21.4 Å². The molecule has 1 atom stereocenters. The van der Waals surface area contributed by atoms with Crippen LogP contribution in [-0.2, 0) is 0 Å². The van der Waals surface area contributed by atoms with Gasteiger partial charge < -0.3 is 14.8 Å². The second kappa shape index (κ2) is 7.81. The van der Waals surface area contributed by atoms with Crippen molar-refractivity contribution in [3.05, 3.63) is 22.6 Å². The molecular weight excluding hydrogens is 324 g/mol. The molecule has 0 bridgehead atoms. The maximum atomic E-state index is 11.7. The van der Waals surface area contributed by atoms with Gasteiger partial charge in [-0.1, -0.05) is 0 Å². The second-order valence-electron chi connectivity index (χ2n) is 5.12. The summed E-state index contributed by atoms with van der Waals surface area (Å²) in [5.41, 5.74) is 0.539. The predicted molar refractivity (Wildman–Crippen MR) is 79.7 cm³/mol. The molecule has 0 radical (unpaired) electrons. The minimum absolute atomic E-state index is 0.103. The summed E-state index contributed by atoms with van der Waals surface area (Å²) in [6, 6.07) is 2.00. The summed E-state index contributed by atoms with van der Waals surface area (Å²) >= 11 is 3.17. The highest BCUT2D eigenvalue weighted by molar-refractivity contribution is 9.10. The molecule has 2 N–H and O–H groups in total. The Morgan fingerprint density at radius 1 is 1.55 bits per heavy atom. The van der Waals surface area contributed by atoms with Gasteiger partial charge in [-0.3, -0.25) is 9.69 Å². The topological polar surface area (TPSA) is 65.7 Å². The molecule has 2 rings (SSSR count). The van der Waals surface area contributed by atoms with Crippen LogP contribution < -0.4 is 5.32 Å². The van der Waals surface area contributed by atoms with Crippen LogP contribution in [0.1, 0.15) is 36.0 Å². The first kappa shape index (κ1) is 15.5. The lowest BCUT2D eigenvalue weighted by Gasteiger charge is -2.22. The van der Waals surface area contributed by atoms with Crippen molar-refractivity contribution in [3.8, 4) is 0 Å². The van der Waals surface area contributed by atoms with E-state index < -0.39 is 0 Å². The average Bonchev–Trinajstić information content (AvgIpc) is 3.06. The maximum absolute atomic E-state index is 11.7. The van der Waals surface area contributed by atoms with Crippen molar-refractivity contribution in [2.75, 3.05) is 26.2 Å². The molecule has 0 saturated carbocycles. The minimum Gasteiger partial charge on any atom is -0.457 e. The molecular formula is C14H21BrN2O3. The molecule has 6 heteroatoms. The van der Waals surface area contributed by atoms with Gasteiger partial charge in [0.25, 0.3) is 5.91 Å². The highest BCUT2D eigenvalue weighted by Crippen LogP contribution is 2.17. The lowest BCUT2D eigenvalue weighted by Crippen LogP contribution is -2.33. The predicted octanol–water partition coefficient (Wildman–Crippen LogP) is 2.01. The Bertz CT molecular complexity index is 436. The number of likely N-dealkylation sites (tertiary alicyclic amines) is 1. The Labute approximate surface area is 127 Å². The Balaban J connectivity index is 1.58. The van der Waals surface area contributed by atoms with E-state index in [9.17, 15) is 9.90 Å². The number of hydrogen-bond donors (Lipinski definition) is 2. The number of amides is 1. The van der Waals surface area contributed by atoms with Gasteiger partial charge in [0.1, 0.15) is 6.26 Å². The van der Waals surface area contributed by atoms with E-state index in [2.05, 4.69) is 26.1 Å². The molecule has 0 aromatic carbocycles. The zero-order valence-electron chi connectivity index (χ0n) is 11.5. The average molecular weight is 345 g/mol. The smallest absolute Gasteiger partial charge is 0.254 e. The fourth-order valence-electron chi connectivity index (χ4n) is 2.57. The Morgan fingerprint density at radius 2 is 2.40 bits per heavy atom. The molecule has 1 amide bonds. The molecule has 1 saturated heterocycles. The molecule has 1 unspecified atom stereocenters. The molecule has 1 aliphatic rings. The number of nitrogens with one attached hydrogen (secondary N) is 1. The first-order chi connectivity index (χ1) is 9.70. The van der Waals surface area contributed by atoms with E-state index in [4.69, 9.17) is 4.42 Å². The summed E-state index contributed by atoms with van der Waals surface area (Å²) in [5.74, 6) is -0.103. The molecule has 1 aromatic heterocycles. The van der Waals surface area contributed by atoms with Gasteiger partial charge >= 0.3 is 0 Å². The number of hydrogen-bond acceptors (Lipinski definition) is 4. The first-order valence-electron chi connectivity index (χ1n) is 7.08. The molecule has 2 heterocycles. The SMILES string of the molecule is O=C(NCCCCN1CCCC1CO)c1coc(Br)c1. The van der Waals surface area contributed by atoms with E-state index in [1.54, 1.807) is 6.07 Å². The van der Waals surface area contributed by atoms with E-state index in [1.165, 1.54) is 12.7 Å². The van der Waals surface area contributed by atoms with Crippen molar-refractivity contribution in [1.82, 2.24) is 10.2 Å². The van der Waals surface area contributed by atoms with Crippen LogP contribution in [-0.4, -0.2) is 48.2 Å². The summed E-state index contributed by atoms with van der Waals surface area (Å²) in [6.45, 7) is 3.00. The van der Waals surface area contributed by atoms with Crippen molar-refractivity contribution in [2.45, 2.75) is 31.7 Å². The highest BCUT2D eigenvalue weighted by Gasteiger charge is 2.22. The number of carbonyl (C=O) groups excluding carboxylic acids is 1. The number of rotatable bonds is 7. The molecule has 112 valence electrons. The molecule has 1 aromatic rings. The fraction of sp³-hybridized carbons (Fsp3) is 0.643. The number of carbonyl (C=O) groups is 1. The number of aliphatic hydroxyl groups is 1. The third-order valence-corrected chi connectivity index (χ3v) is 4.11. The van der Waals surface area contributed by atoms with Crippen molar-refractivity contribution in [3.63, 3.8) is 0 Å². The van der Waals surface area contributed by atoms with E-state index in [0.717, 1.165) is 32.4 Å². The van der Waals surface area contributed by atoms with E-state index in [-0.39, 0.29) is 12.5 Å². The van der Waals surface area contributed by atoms with Crippen LogP contribution in [0.2, 0.25) is 0 Å². The van der Waals surface area contributed by atoms with Crippen molar-refractivity contribution < 1.29 is 14.3 Å². The summed E-state index contributed by atoms with van der Waals surface area (Å²) < 4.78 is 5.59. The number of aliphatic hydroxyl groups excluding tert-OH is 1. The van der Waals surface area contributed by atoms with Gasteiger partial charge in [-0.25, -0.2) is 0 Å². The normalized spacial score (nSPS) is 19.4. The third-order valence-electron chi connectivity index (χ3n) is 3.70. The van der Waals surface area contributed by atoms with Gasteiger partial charge in [0.2, 0.25) is 0 Å². The molecule has 20 heavy (non-hydrogen) atoms. The highest BCUT2D eigenvalue weighted by atomic mass is 79.9. The van der Waals surface area contributed by atoms with Crippen LogP contribution in [0, 0.1) is 0 Å². The lowest BCUT2D eigenvalue weighted by molar-refractivity contribution is 0.0951. The summed E-state index contributed by atoms with van der Waals surface area (Å²) in [6.07, 6.45) is 5.70. The number of unbranched alkanes of at least 4 members (excludes halogenated alkanes) is 1. The Morgan fingerprint density at radius 3 is 3.10 bits per heavy atom. The van der Waals surface area contributed by atoms with Crippen LogP contribution >= 0.6 is 15.9 Å². The lowest BCUT2D eigenvalue weighted by atomic mass is 10.2. The van der Waals surface area contributed by atoms with Gasteiger partial charge in [0, 0.05) is 18.7 Å². The van der Waals surface area contributed by atoms with Crippen molar-refractivity contribution >= 4 is 21.8 Å². The van der Waals surface area contributed by atoms with Crippen LogP contribution in [0.5, 0.6) is 0 Å². The van der Waals surface area contributed by atoms with Gasteiger partial charge in [-0.15, -0.1) is 0 Å². The summed E-state index contributed by atoms with van der Waals surface area (Å²) in [5, 5.41) is 12.1. The second-order valence-corrected chi connectivity index (χ2v) is 5.90. The molecule has 0 spiro atoms. The number of furan rings is 1. The van der Waals surface area contributed by atoms with E-state index in [0.29, 0.717) is 22.8 Å². The number of halogens is 1. The molecule has 0 aliphatic carbocycles. The standard InChI is InChI=1S/C14H21BrN2O3/c15-13-8-11(10-20-13)14(19)16-5-1-2-6-17-7-3-4-12(17)9-18/h8,10,12,18H,1-7,9H2,(H,16,19). The van der Waals surface area contributed by atoms with E-state index >= 15 is 0 Å². The first-order valence-corrected chi connectivity index (χ1v) is 7.87. The summed E-state index contributed by atoms with van der Waals surface area (Å²) in [4.78, 5) is 14.1. The van der Waals surface area contributed by atoms with Crippen molar-refractivity contribution in [2.24, 2.45) is 0 Å². The maximum Gasteiger partial charge on any atom is 0.254 e. The Kier molecular flexibility index (Phi) is 6.06. The van der Waals surface area contributed by atoms with Gasteiger partial charge in [0.05, 0.1) is 12.2 Å². The quantitative estimate of drug-likeness (QED) is 0.742. The van der Waals surface area contributed by atoms with Gasteiger partial charge in [-0.05, 0) is 54.7 Å². The third kappa shape index (κ3) is 4.33. The van der Waals surface area contributed by atoms with Gasteiger partial charge in [-0.2, -0.15) is 0 Å². The van der Waals surface area contributed by atoms with E-state index in [1.807, 2.05) is 0 Å². The molecule has 1 aliphatic heterocycles.